The van der Waals surface area contributed by atoms with Gasteiger partial charge in [0.15, 0.2) is 0 Å². The number of aromatic nitrogens is 2. The van der Waals surface area contributed by atoms with Crippen LogP contribution in [0.25, 0.3) is 11.3 Å². The fourth-order valence-electron chi connectivity index (χ4n) is 4.73. The second-order valence-corrected chi connectivity index (χ2v) is 10.5. The Labute approximate surface area is 205 Å². The van der Waals surface area contributed by atoms with Crippen LogP contribution in [0.2, 0.25) is 0 Å². The van der Waals surface area contributed by atoms with Crippen molar-refractivity contribution in [1.82, 2.24) is 14.9 Å². The molecule has 2 aliphatic rings. The highest BCUT2D eigenvalue weighted by molar-refractivity contribution is 5.94. The Bertz CT molecular complexity index is 1240. The van der Waals surface area contributed by atoms with E-state index < -0.39 is 5.41 Å². The van der Waals surface area contributed by atoms with Gasteiger partial charge >= 0.3 is 0 Å². The number of carbonyl (C=O) groups excluding carboxylic acids is 1. The third kappa shape index (κ3) is 4.84. The molecule has 3 aromatic rings. The standard InChI is InChI=1S/C27H31FN6O/c1-27(2,3)25(35)30-18-7-5-17(6-8-18)23-11-12-29-26(32-23)31-19-9-10-24(22(28)13-19)34-16-20-14-21(34)15-33(20)4/h5-13,20-21H,14-16H2,1-4H3,(H,30,35)(H,29,31,32)/t20-,21-/m0/s1. The van der Waals surface area contributed by atoms with Gasteiger partial charge in [-0.05, 0) is 49.9 Å². The normalized spacial score (nSPS) is 19.7. The van der Waals surface area contributed by atoms with Crippen molar-refractivity contribution >= 4 is 28.9 Å². The van der Waals surface area contributed by atoms with E-state index >= 15 is 4.39 Å². The first-order valence-electron chi connectivity index (χ1n) is 12.0. The number of anilines is 4. The van der Waals surface area contributed by atoms with Gasteiger partial charge in [-0.25, -0.2) is 14.4 Å². The molecule has 1 amide bonds. The number of carbonyl (C=O) groups is 1. The quantitative estimate of drug-likeness (QED) is 0.548. The molecule has 1 aromatic heterocycles. The molecular formula is C27H31FN6O. The van der Waals surface area contributed by atoms with Crippen molar-refractivity contribution in [3.05, 3.63) is 60.5 Å². The first-order chi connectivity index (χ1) is 16.7. The van der Waals surface area contributed by atoms with E-state index in [2.05, 4.69) is 37.4 Å². The summed E-state index contributed by atoms with van der Waals surface area (Å²) in [5.41, 5.74) is 3.14. The second kappa shape index (κ2) is 8.92. The van der Waals surface area contributed by atoms with E-state index in [0.717, 1.165) is 36.5 Å². The molecule has 0 spiro atoms. The molecule has 35 heavy (non-hydrogen) atoms. The number of halogens is 1. The van der Waals surface area contributed by atoms with E-state index in [1.807, 2.05) is 63.2 Å². The summed E-state index contributed by atoms with van der Waals surface area (Å²) in [5, 5.41) is 6.04. The maximum atomic E-state index is 15.0. The van der Waals surface area contributed by atoms with Crippen LogP contribution in [0.1, 0.15) is 27.2 Å². The van der Waals surface area contributed by atoms with Crippen molar-refractivity contribution in [1.29, 1.82) is 0 Å². The number of benzene rings is 2. The molecule has 2 fully saturated rings. The lowest BCUT2D eigenvalue weighted by Gasteiger charge is -2.33. The van der Waals surface area contributed by atoms with Gasteiger partial charge < -0.3 is 15.5 Å². The fraction of sp³-hybridized carbons (Fsp3) is 0.370. The fourth-order valence-corrected chi connectivity index (χ4v) is 4.73. The number of amides is 1. The van der Waals surface area contributed by atoms with Crippen molar-refractivity contribution < 1.29 is 9.18 Å². The molecule has 2 bridgehead atoms. The molecule has 8 heteroatoms. The van der Waals surface area contributed by atoms with E-state index in [0.29, 0.717) is 29.4 Å². The summed E-state index contributed by atoms with van der Waals surface area (Å²) < 4.78 is 15.0. The number of piperazine rings is 1. The van der Waals surface area contributed by atoms with Gasteiger partial charge in [0, 0.05) is 53.7 Å². The molecule has 2 atom stereocenters. The zero-order chi connectivity index (χ0) is 24.7. The highest BCUT2D eigenvalue weighted by Crippen LogP contribution is 2.36. The van der Waals surface area contributed by atoms with Gasteiger partial charge in [0.2, 0.25) is 11.9 Å². The van der Waals surface area contributed by atoms with Crippen molar-refractivity contribution in [3.63, 3.8) is 0 Å². The molecule has 0 radical (unpaired) electrons. The van der Waals surface area contributed by atoms with Crippen molar-refractivity contribution in [2.75, 3.05) is 35.7 Å². The summed E-state index contributed by atoms with van der Waals surface area (Å²) in [6.45, 7) is 7.48. The molecule has 2 N–H and O–H groups in total. The molecule has 7 nitrogen and oxygen atoms in total. The van der Waals surface area contributed by atoms with Crippen LogP contribution in [0.5, 0.6) is 0 Å². The van der Waals surface area contributed by atoms with E-state index in [-0.39, 0.29) is 11.7 Å². The van der Waals surface area contributed by atoms with Crippen molar-refractivity contribution in [2.24, 2.45) is 5.41 Å². The SMILES string of the molecule is CN1C[C@@H]2C[C@H]1CN2c1ccc(Nc2nccc(-c3ccc(NC(=O)C(C)(C)C)cc3)n2)cc1F. The Morgan fingerprint density at radius 1 is 1.03 bits per heavy atom. The first kappa shape index (κ1) is 23.2. The van der Waals surface area contributed by atoms with Gasteiger partial charge in [0.25, 0.3) is 0 Å². The Balaban J connectivity index is 1.27. The number of fused-ring (bicyclic) bond motifs is 2. The maximum absolute atomic E-state index is 15.0. The molecule has 5 rings (SSSR count). The van der Waals surface area contributed by atoms with Crippen molar-refractivity contribution in [2.45, 2.75) is 39.3 Å². The van der Waals surface area contributed by atoms with Gasteiger partial charge in [0.1, 0.15) is 5.82 Å². The number of likely N-dealkylation sites (N-methyl/N-ethyl adjacent to an activating group) is 1. The maximum Gasteiger partial charge on any atom is 0.229 e. The largest absolute Gasteiger partial charge is 0.363 e. The average molecular weight is 475 g/mol. The molecule has 3 heterocycles. The van der Waals surface area contributed by atoms with Gasteiger partial charge in [-0.2, -0.15) is 0 Å². The van der Waals surface area contributed by atoms with Crippen LogP contribution < -0.4 is 15.5 Å². The number of rotatable bonds is 5. The zero-order valence-corrected chi connectivity index (χ0v) is 20.5. The third-order valence-corrected chi connectivity index (χ3v) is 6.80. The minimum atomic E-state index is -0.464. The van der Waals surface area contributed by atoms with E-state index in [4.69, 9.17) is 0 Å². The minimum absolute atomic E-state index is 0.0402. The number of hydrogen-bond donors (Lipinski definition) is 2. The lowest BCUT2D eigenvalue weighted by atomic mass is 9.95. The predicted molar refractivity (Wildman–Crippen MR) is 137 cm³/mol. The Morgan fingerprint density at radius 3 is 2.40 bits per heavy atom. The molecule has 2 saturated heterocycles. The monoisotopic (exact) mass is 474 g/mol. The summed E-state index contributed by atoms with van der Waals surface area (Å²) in [5.74, 6) is 0.109. The topological polar surface area (TPSA) is 73.4 Å². The second-order valence-electron chi connectivity index (χ2n) is 10.5. The molecule has 2 aromatic carbocycles. The lowest BCUT2D eigenvalue weighted by Crippen LogP contribution is -2.44. The van der Waals surface area contributed by atoms with E-state index in [9.17, 15) is 4.79 Å². The van der Waals surface area contributed by atoms with Crippen molar-refractivity contribution in [3.8, 4) is 11.3 Å². The highest BCUT2D eigenvalue weighted by atomic mass is 19.1. The van der Waals surface area contributed by atoms with Crippen LogP contribution in [0, 0.1) is 11.2 Å². The van der Waals surface area contributed by atoms with Crippen LogP contribution >= 0.6 is 0 Å². The average Bonchev–Trinajstić information content (AvgIpc) is 3.39. The Kier molecular flexibility index (Phi) is 5.92. The Morgan fingerprint density at radius 2 is 1.77 bits per heavy atom. The van der Waals surface area contributed by atoms with Crippen LogP contribution in [-0.2, 0) is 4.79 Å². The number of nitrogens with one attached hydrogen (secondary N) is 2. The lowest BCUT2D eigenvalue weighted by molar-refractivity contribution is -0.123. The summed E-state index contributed by atoms with van der Waals surface area (Å²) in [6.07, 6.45) is 2.77. The smallest absolute Gasteiger partial charge is 0.229 e. The molecule has 182 valence electrons. The zero-order valence-electron chi connectivity index (χ0n) is 20.5. The minimum Gasteiger partial charge on any atom is -0.363 e. The van der Waals surface area contributed by atoms with Crippen LogP contribution in [0.3, 0.4) is 0 Å². The summed E-state index contributed by atoms with van der Waals surface area (Å²) in [7, 11) is 2.14. The molecular weight excluding hydrogens is 443 g/mol. The molecule has 0 aliphatic carbocycles. The third-order valence-electron chi connectivity index (χ3n) is 6.80. The van der Waals surface area contributed by atoms with E-state index in [1.165, 1.54) is 6.07 Å². The summed E-state index contributed by atoms with van der Waals surface area (Å²) in [4.78, 5) is 25.6. The Hall–Kier alpha value is -3.52. The van der Waals surface area contributed by atoms with Crippen LogP contribution in [0.4, 0.5) is 27.4 Å². The summed E-state index contributed by atoms with van der Waals surface area (Å²) in [6, 6.07) is 15.4. The van der Waals surface area contributed by atoms with Gasteiger partial charge in [-0.1, -0.05) is 32.9 Å². The number of nitrogens with zero attached hydrogens (tertiary/aromatic N) is 4. The first-order valence-corrected chi connectivity index (χ1v) is 12.0. The van der Waals surface area contributed by atoms with Gasteiger partial charge in [-0.3, -0.25) is 9.69 Å². The molecule has 0 saturated carbocycles. The molecule has 2 aliphatic heterocycles. The van der Waals surface area contributed by atoms with Gasteiger partial charge in [-0.15, -0.1) is 0 Å². The highest BCUT2D eigenvalue weighted by Gasteiger charge is 2.42. The number of likely N-dealkylation sites (tertiary alicyclic amines) is 1. The predicted octanol–water partition coefficient (Wildman–Crippen LogP) is 4.90. The van der Waals surface area contributed by atoms with Crippen LogP contribution in [-0.4, -0.2) is 53.0 Å². The number of hydrogen-bond acceptors (Lipinski definition) is 6. The molecule has 0 unspecified atom stereocenters. The van der Waals surface area contributed by atoms with E-state index in [1.54, 1.807) is 6.20 Å². The van der Waals surface area contributed by atoms with Gasteiger partial charge in [0.05, 0.1) is 11.4 Å². The van der Waals surface area contributed by atoms with Crippen LogP contribution in [0.15, 0.2) is 54.7 Å². The summed E-state index contributed by atoms with van der Waals surface area (Å²) >= 11 is 0.